The number of carbonyl (C=O) groups is 1. The molecular formula is C15H24N2O4. The van der Waals surface area contributed by atoms with Gasteiger partial charge in [-0.1, -0.05) is 0 Å². The molecule has 1 aromatic rings. The smallest absolute Gasteiger partial charge is 0.253 e. The van der Waals surface area contributed by atoms with Crippen molar-refractivity contribution < 1.29 is 19.0 Å². The molecule has 0 aliphatic heterocycles. The van der Waals surface area contributed by atoms with Crippen LogP contribution in [0.3, 0.4) is 0 Å². The van der Waals surface area contributed by atoms with Crippen LogP contribution in [0.1, 0.15) is 31.1 Å². The SMILES string of the molecule is CCOC(C)(C)CNC(=O)c1cc(OC)c(OC)cc1N. The molecule has 0 bridgehead atoms. The number of anilines is 1. The Balaban J connectivity index is 2.88. The Morgan fingerprint density at radius 3 is 2.33 bits per heavy atom. The minimum Gasteiger partial charge on any atom is -0.493 e. The normalized spacial score (nSPS) is 11.1. The lowest BCUT2D eigenvalue weighted by atomic mass is 10.1. The first kappa shape index (κ1) is 17.1. The van der Waals surface area contributed by atoms with Gasteiger partial charge < -0.3 is 25.3 Å². The number of methoxy groups -OCH3 is 2. The fraction of sp³-hybridized carbons (Fsp3) is 0.533. The molecule has 1 aromatic carbocycles. The maximum absolute atomic E-state index is 12.2. The van der Waals surface area contributed by atoms with Gasteiger partial charge in [0.1, 0.15) is 0 Å². The van der Waals surface area contributed by atoms with Gasteiger partial charge >= 0.3 is 0 Å². The number of rotatable bonds is 7. The van der Waals surface area contributed by atoms with Crippen LogP contribution in [0.5, 0.6) is 11.5 Å². The van der Waals surface area contributed by atoms with Gasteiger partial charge in [0, 0.05) is 24.9 Å². The number of benzene rings is 1. The van der Waals surface area contributed by atoms with Crippen molar-refractivity contribution in [3.63, 3.8) is 0 Å². The molecule has 0 aliphatic rings. The Bertz CT molecular complexity index is 501. The third-order valence-electron chi connectivity index (χ3n) is 3.01. The molecule has 0 heterocycles. The first-order chi connectivity index (χ1) is 9.84. The summed E-state index contributed by atoms with van der Waals surface area (Å²) in [6.07, 6.45) is 0. The fourth-order valence-electron chi connectivity index (χ4n) is 1.92. The zero-order valence-electron chi connectivity index (χ0n) is 13.3. The van der Waals surface area contributed by atoms with E-state index in [1.165, 1.54) is 14.2 Å². The molecule has 0 fully saturated rings. The molecule has 0 atom stereocenters. The largest absolute Gasteiger partial charge is 0.493 e. The molecule has 0 aliphatic carbocycles. The molecule has 0 aromatic heterocycles. The Morgan fingerprint density at radius 2 is 1.81 bits per heavy atom. The summed E-state index contributed by atoms with van der Waals surface area (Å²) >= 11 is 0. The highest BCUT2D eigenvalue weighted by Gasteiger charge is 2.21. The number of nitrogens with two attached hydrogens (primary N) is 1. The first-order valence-electron chi connectivity index (χ1n) is 6.78. The lowest BCUT2D eigenvalue weighted by Crippen LogP contribution is -2.40. The standard InChI is InChI=1S/C15H24N2O4/c1-6-21-15(2,3)9-17-14(18)10-7-12(19-4)13(20-5)8-11(10)16/h7-8H,6,9,16H2,1-5H3,(H,17,18). The Labute approximate surface area is 125 Å². The summed E-state index contributed by atoms with van der Waals surface area (Å²) in [7, 11) is 3.02. The van der Waals surface area contributed by atoms with Crippen LogP contribution >= 0.6 is 0 Å². The number of hydrogen-bond donors (Lipinski definition) is 2. The lowest BCUT2D eigenvalue weighted by Gasteiger charge is -2.25. The van der Waals surface area contributed by atoms with Crippen LogP contribution in [-0.2, 0) is 4.74 Å². The highest BCUT2D eigenvalue weighted by atomic mass is 16.5. The second-order valence-corrected chi connectivity index (χ2v) is 5.17. The zero-order chi connectivity index (χ0) is 16.0. The third-order valence-corrected chi connectivity index (χ3v) is 3.01. The lowest BCUT2D eigenvalue weighted by molar-refractivity contribution is -0.00815. The Morgan fingerprint density at radius 1 is 1.24 bits per heavy atom. The predicted molar refractivity (Wildman–Crippen MR) is 82.0 cm³/mol. The van der Waals surface area contributed by atoms with Crippen molar-refractivity contribution in [3.8, 4) is 11.5 Å². The molecular weight excluding hydrogens is 272 g/mol. The van der Waals surface area contributed by atoms with Crippen molar-refractivity contribution >= 4 is 11.6 Å². The van der Waals surface area contributed by atoms with Gasteiger partial charge in [-0.05, 0) is 26.8 Å². The second kappa shape index (κ2) is 7.17. The molecule has 0 unspecified atom stereocenters. The van der Waals surface area contributed by atoms with Crippen molar-refractivity contribution in [2.45, 2.75) is 26.4 Å². The topological polar surface area (TPSA) is 82.8 Å². The van der Waals surface area contributed by atoms with Gasteiger partial charge in [-0.25, -0.2) is 0 Å². The van der Waals surface area contributed by atoms with Crippen LogP contribution in [-0.4, -0.2) is 38.9 Å². The minimum atomic E-state index is -0.435. The summed E-state index contributed by atoms with van der Waals surface area (Å²) in [4.78, 5) is 12.2. The van der Waals surface area contributed by atoms with E-state index in [1.807, 2.05) is 20.8 Å². The summed E-state index contributed by atoms with van der Waals surface area (Å²) in [5.41, 5.74) is 6.14. The highest BCUT2D eigenvalue weighted by molar-refractivity contribution is 6.00. The number of nitrogens with one attached hydrogen (secondary N) is 1. The summed E-state index contributed by atoms with van der Waals surface area (Å²) in [6.45, 7) is 6.70. The van der Waals surface area contributed by atoms with E-state index in [-0.39, 0.29) is 5.91 Å². The van der Waals surface area contributed by atoms with E-state index >= 15 is 0 Å². The molecule has 21 heavy (non-hydrogen) atoms. The highest BCUT2D eigenvalue weighted by Crippen LogP contribution is 2.31. The van der Waals surface area contributed by atoms with E-state index in [0.29, 0.717) is 35.9 Å². The van der Waals surface area contributed by atoms with Gasteiger partial charge in [0.15, 0.2) is 11.5 Å². The molecule has 0 saturated heterocycles. The fourth-order valence-corrected chi connectivity index (χ4v) is 1.92. The van der Waals surface area contributed by atoms with Crippen LogP contribution < -0.4 is 20.5 Å². The van der Waals surface area contributed by atoms with E-state index in [0.717, 1.165) is 0 Å². The average molecular weight is 296 g/mol. The number of nitrogen functional groups attached to an aromatic ring is 1. The minimum absolute atomic E-state index is 0.277. The summed E-state index contributed by atoms with van der Waals surface area (Å²) < 4.78 is 15.9. The van der Waals surface area contributed by atoms with Gasteiger partial charge in [-0.3, -0.25) is 4.79 Å². The molecule has 6 heteroatoms. The summed E-state index contributed by atoms with van der Waals surface area (Å²) in [5, 5.41) is 2.81. The Kier molecular flexibility index (Phi) is 5.84. The summed E-state index contributed by atoms with van der Waals surface area (Å²) in [6, 6.07) is 3.14. The number of hydrogen-bond acceptors (Lipinski definition) is 5. The molecule has 0 saturated carbocycles. The van der Waals surface area contributed by atoms with Crippen molar-refractivity contribution in [1.29, 1.82) is 0 Å². The van der Waals surface area contributed by atoms with Crippen molar-refractivity contribution in [2.75, 3.05) is 33.1 Å². The molecule has 0 spiro atoms. The molecule has 6 nitrogen and oxygen atoms in total. The van der Waals surface area contributed by atoms with Crippen molar-refractivity contribution in [1.82, 2.24) is 5.32 Å². The van der Waals surface area contributed by atoms with Crippen LogP contribution in [0, 0.1) is 0 Å². The van der Waals surface area contributed by atoms with E-state index < -0.39 is 5.60 Å². The quantitative estimate of drug-likeness (QED) is 0.750. The molecule has 3 N–H and O–H groups in total. The molecule has 118 valence electrons. The maximum atomic E-state index is 12.2. The third kappa shape index (κ3) is 4.53. The van der Waals surface area contributed by atoms with Gasteiger partial charge in [0.05, 0.1) is 25.4 Å². The van der Waals surface area contributed by atoms with Crippen LogP contribution in [0.4, 0.5) is 5.69 Å². The number of amides is 1. The van der Waals surface area contributed by atoms with E-state index in [4.69, 9.17) is 19.9 Å². The number of carbonyl (C=O) groups excluding carboxylic acids is 1. The Hall–Kier alpha value is -1.95. The molecule has 1 rings (SSSR count). The molecule has 1 amide bonds. The maximum Gasteiger partial charge on any atom is 0.253 e. The second-order valence-electron chi connectivity index (χ2n) is 5.17. The van der Waals surface area contributed by atoms with Gasteiger partial charge in [0.2, 0.25) is 0 Å². The van der Waals surface area contributed by atoms with E-state index in [2.05, 4.69) is 5.32 Å². The number of ether oxygens (including phenoxy) is 3. The van der Waals surface area contributed by atoms with E-state index in [9.17, 15) is 4.79 Å². The van der Waals surface area contributed by atoms with Crippen LogP contribution in [0.2, 0.25) is 0 Å². The molecule has 0 radical (unpaired) electrons. The van der Waals surface area contributed by atoms with Crippen LogP contribution in [0.25, 0.3) is 0 Å². The van der Waals surface area contributed by atoms with Crippen molar-refractivity contribution in [3.05, 3.63) is 17.7 Å². The van der Waals surface area contributed by atoms with Gasteiger partial charge in [-0.2, -0.15) is 0 Å². The zero-order valence-corrected chi connectivity index (χ0v) is 13.3. The van der Waals surface area contributed by atoms with Crippen molar-refractivity contribution in [2.24, 2.45) is 0 Å². The predicted octanol–water partition coefficient (Wildman–Crippen LogP) is 1.83. The average Bonchev–Trinajstić information content (AvgIpc) is 2.44. The van der Waals surface area contributed by atoms with Crippen LogP contribution in [0.15, 0.2) is 12.1 Å². The van der Waals surface area contributed by atoms with Gasteiger partial charge in [-0.15, -0.1) is 0 Å². The monoisotopic (exact) mass is 296 g/mol. The van der Waals surface area contributed by atoms with E-state index in [1.54, 1.807) is 12.1 Å². The first-order valence-corrected chi connectivity index (χ1v) is 6.78. The summed E-state index contributed by atoms with van der Waals surface area (Å²) in [5.74, 6) is 0.670. The van der Waals surface area contributed by atoms with Gasteiger partial charge in [0.25, 0.3) is 5.91 Å².